The molecule has 9 heteroatoms. The summed E-state index contributed by atoms with van der Waals surface area (Å²) in [6, 6.07) is 6.71. The summed E-state index contributed by atoms with van der Waals surface area (Å²) in [6.45, 7) is 0. The van der Waals surface area contributed by atoms with Crippen molar-refractivity contribution in [2.24, 2.45) is 0 Å². The van der Waals surface area contributed by atoms with Crippen LogP contribution in [0.25, 0.3) is 0 Å². The normalized spacial score (nSPS) is 17.2. The van der Waals surface area contributed by atoms with Gasteiger partial charge in [-0.15, -0.1) is 0 Å². The molecule has 1 saturated heterocycles. The Labute approximate surface area is 150 Å². The molecular formula is C17H13F3N2O3S. The van der Waals surface area contributed by atoms with Gasteiger partial charge in [0.2, 0.25) is 11.0 Å². The van der Waals surface area contributed by atoms with Gasteiger partial charge < -0.3 is 10.1 Å². The van der Waals surface area contributed by atoms with Crippen LogP contribution in [0.15, 0.2) is 42.6 Å². The van der Waals surface area contributed by atoms with Crippen LogP contribution in [-0.4, -0.2) is 27.8 Å². The Morgan fingerprint density at radius 2 is 2.08 bits per heavy atom. The standard InChI is InChI=1S/C17H13F3N2O3S/c18-17(19,20)11-2-1-3-12(8-11)25-14-5-4-10(9-21-14)15(23)22-13-6-7-26-16(13)24/h1-5,8-9,13H,6-7H2,(H,22,23)/t13-/m1/s1. The van der Waals surface area contributed by atoms with Gasteiger partial charge in [0.15, 0.2) is 0 Å². The molecule has 0 aliphatic carbocycles. The van der Waals surface area contributed by atoms with Crippen molar-refractivity contribution >= 4 is 22.8 Å². The zero-order chi connectivity index (χ0) is 18.7. The molecule has 0 bridgehead atoms. The molecular weight excluding hydrogens is 369 g/mol. The van der Waals surface area contributed by atoms with E-state index in [4.69, 9.17) is 4.74 Å². The van der Waals surface area contributed by atoms with E-state index in [2.05, 4.69) is 10.3 Å². The molecule has 0 saturated carbocycles. The summed E-state index contributed by atoms with van der Waals surface area (Å²) in [7, 11) is 0. The SMILES string of the molecule is O=C(N[C@@H]1CCSC1=O)c1ccc(Oc2cccc(C(F)(F)F)c2)nc1. The number of benzene rings is 1. The average molecular weight is 382 g/mol. The lowest BCUT2D eigenvalue weighted by atomic mass is 10.2. The van der Waals surface area contributed by atoms with Gasteiger partial charge in [-0.3, -0.25) is 9.59 Å². The molecule has 5 nitrogen and oxygen atoms in total. The van der Waals surface area contributed by atoms with E-state index >= 15 is 0 Å². The fourth-order valence-electron chi connectivity index (χ4n) is 2.30. The first-order chi connectivity index (χ1) is 12.3. The van der Waals surface area contributed by atoms with Crippen molar-refractivity contribution in [2.75, 3.05) is 5.75 Å². The molecule has 1 amide bonds. The van der Waals surface area contributed by atoms with E-state index in [9.17, 15) is 22.8 Å². The molecule has 1 aliphatic heterocycles. The van der Waals surface area contributed by atoms with E-state index in [0.717, 1.165) is 12.1 Å². The summed E-state index contributed by atoms with van der Waals surface area (Å²) in [5.74, 6) is 0.265. The Balaban J connectivity index is 1.66. The topological polar surface area (TPSA) is 68.3 Å². The highest BCUT2D eigenvalue weighted by Crippen LogP contribution is 2.32. The zero-order valence-electron chi connectivity index (χ0n) is 13.2. The first-order valence-corrected chi connectivity index (χ1v) is 8.60. The highest BCUT2D eigenvalue weighted by atomic mass is 32.2. The first-order valence-electron chi connectivity index (χ1n) is 7.61. The number of pyridine rings is 1. The Morgan fingerprint density at radius 3 is 2.69 bits per heavy atom. The fourth-order valence-corrected chi connectivity index (χ4v) is 3.23. The summed E-state index contributed by atoms with van der Waals surface area (Å²) in [4.78, 5) is 27.5. The van der Waals surface area contributed by atoms with Crippen LogP contribution < -0.4 is 10.1 Å². The summed E-state index contributed by atoms with van der Waals surface area (Å²) >= 11 is 1.18. The number of aromatic nitrogens is 1. The van der Waals surface area contributed by atoms with Crippen molar-refractivity contribution in [2.45, 2.75) is 18.6 Å². The molecule has 3 rings (SSSR count). The number of rotatable bonds is 4. The second-order valence-corrected chi connectivity index (χ2v) is 6.59. The van der Waals surface area contributed by atoms with Crippen molar-refractivity contribution in [3.8, 4) is 11.6 Å². The number of thioether (sulfide) groups is 1. The highest BCUT2D eigenvalue weighted by Gasteiger charge is 2.30. The van der Waals surface area contributed by atoms with Gasteiger partial charge in [-0.2, -0.15) is 13.2 Å². The number of ether oxygens (including phenoxy) is 1. The van der Waals surface area contributed by atoms with Crippen LogP contribution in [0.3, 0.4) is 0 Å². The minimum absolute atomic E-state index is 0.0156. The van der Waals surface area contributed by atoms with E-state index < -0.39 is 23.7 Å². The lowest BCUT2D eigenvalue weighted by Crippen LogP contribution is -2.37. The number of nitrogens with zero attached hydrogens (tertiary/aromatic N) is 1. The van der Waals surface area contributed by atoms with Crippen molar-refractivity contribution in [3.63, 3.8) is 0 Å². The van der Waals surface area contributed by atoms with Gasteiger partial charge in [0.1, 0.15) is 5.75 Å². The van der Waals surface area contributed by atoms with Crippen molar-refractivity contribution in [3.05, 3.63) is 53.7 Å². The molecule has 0 radical (unpaired) electrons. The Hall–Kier alpha value is -2.55. The highest BCUT2D eigenvalue weighted by molar-refractivity contribution is 8.14. The van der Waals surface area contributed by atoms with E-state index in [1.54, 1.807) is 0 Å². The van der Waals surface area contributed by atoms with Gasteiger partial charge in [0.25, 0.3) is 5.91 Å². The molecule has 2 aromatic rings. The fraction of sp³-hybridized carbons (Fsp3) is 0.235. The molecule has 0 spiro atoms. The van der Waals surface area contributed by atoms with Crippen LogP contribution in [0.4, 0.5) is 13.2 Å². The monoisotopic (exact) mass is 382 g/mol. The first kappa shape index (κ1) is 18.2. The van der Waals surface area contributed by atoms with E-state index in [1.807, 2.05) is 0 Å². The zero-order valence-corrected chi connectivity index (χ0v) is 14.1. The van der Waals surface area contributed by atoms with Gasteiger partial charge in [0.05, 0.1) is 17.2 Å². The van der Waals surface area contributed by atoms with Crippen LogP contribution in [0.5, 0.6) is 11.6 Å². The Bertz CT molecular complexity index is 825. The number of halogens is 3. The molecule has 1 fully saturated rings. The average Bonchev–Trinajstić information content (AvgIpc) is 3.00. The second kappa shape index (κ2) is 7.36. The minimum Gasteiger partial charge on any atom is -0.439 e. The van der Waals surface area contributed by atoms with E-state index in [0.29, 0.717) is 12.2 Å². The Kier molecular flexibility index (Phi) is 5.17. The third kappa shape index (κ3) is 4.34. The van der Waals surface area contributed by atoms with Crippen LogP contribution in [0.2, 0.25) is 0 Å². The van der Waals surface area contributed by atoms with Gasteiger partial charge in [-0.05, 0) is 30.7 Å². The lowest BCUT2D eigenvalue weighted by molar-refractivity contribution is -0.137. The maximum Gasteiger partial charge on any atom is 0.416 e. The Morgan fingerprint density at radius 1 is 1.27 bits per heavy atom. The van der Waals surface area contributed by atoms with Gasteiger partial charge in [-0.25, -0.2) is 4.98 Å². The molecule has 1 aliphatic rings. The predicted octanol–water partition coefficient (Wildman–Crippen LogP) is 3.65. The molecule has 136 valence electrons. The van der Waals surface area contributed by atoms with Gasteiger partial charge >= 0.3 is 6.18 Å². The van der Waals surface area contributed by atoms with Crippen LogP contribution in [0, 0.1) is 0 Å². The van der Waals surface area contributed by atoms with Crippen LogP contribution in [0.1, 0.15) is 22.3 Å². The van der Waals surface area contributed by atoms with Gasteiger partial charge in [-0.1, -0.05) is 17.8 Å². The third-order valence-corrected chi connectivity index (χ3v) is 4.63. The molecule has 26 heavy (non-hydrogen) atoms. The molecule has 1 atom stereocenters. The number of carbonyl (C=O) groups is 2. The second-order valence-electron chi connectivity index (χ2n) is 5.49. The third-order valence-electron chi connectivity index (χ3n) is 3.62. The minimum atomic E-state index is -4.47. The predicted molar refractivity (Wildman–Crippen MR) is 89.1 cm³/mol. The summed E-state index contributed by atoms with van der Waals surface area (Å²) in [5.41, 5.74) is -0.601. The molecule has 1 N–H and O–H groups in total. The lowest BCUT2D eigenvalue weighted by Gasteiger charge is -2.11. The van der Waals surface area contributed by atoms with Gasteiger partial charge in [0, 0.05) is 18.0 Å². The van der Waals surface area contributed by atoms with Crippen LogP contribution in [-0.2, 0) is 11.0 Å². The molecule has 1 aromatic heterocycles. The largest absolute Gasteiger partial charge is 0.439 e. The number of hydrogen-bond donors (Lipinski definition) is 1. The van der Waals surface area contributed by atoms with Crippen molar-refractivity contribution < 1.29 is 27.5 Å². The summed E-state index contributed by atoms with van der Waals surface area (Å²) in [6.07, 6.45) is -2.64. The number of hydrogen-bond acceptors (Lipinski definition) is 5. The van der Waals surface area contributed by atoms with E-state index in [1.165, 1.54) is 42.2 Å². The molecule has 0 unspecified atom stereocenters. The van der Waals surface area contributed by atoms with E-state index in [-0.39, 0.29) is 22.3 Å². The maximum atomic E-state index is 12.7. The number of amides is 1. The quantitative estimate of drug-likeness (QED) is 0.874. The number of nitrogens with one attached hydrogen (secondary N) is 1. The smallest absolute Gasteiger partial charge is 0.416 e. The molecule has 1 aromatic carbocycles. The summed E-state index contributed by atoms with van der Waals surface area (Å²) < 4.78 is 43.4. The van der Waals surface area contributed by atoms with Crippen LogP contribution >= 0.6 is 11.8 Å². The maximum absolute atomic E-state index is 12.7. The number of carbonyl (C=O) groups excluding carboxylic acids is 2. The summed E-state index contributed by atoms with van der Waals surface area (Å²) in [5, 5.41) is 2.55. The molecule has 2 heterocycles. The van der Waals surface area contributed by atoms with Crippen molar-refractivity contribution in [1.82, 2.24) is 10.3 Å². The number of alkyl halides is 3. The van der Waals surface area contributed by atoms with Crippen molar-refractivity contribution in [1.29, 1.82) is 0 Å².